The fourth-order valence-electron chi connectivity index (χ4n) is 2.21. The van der Waals surface area contributed by atoms with E-state index in [0.717, 1.165) is 16.8 Å². The molecule has 19 heavy (non-hydrogen) atoms. The molecule has 0 spiro atoms. The lowest BCUT2D eigenvalue weighted by Crippen LogP contribution is -2.33. The third kappa shape index (κ3) is 4.48. The standard InChI is InChI=1S/C15H25BrN2O/c1-5-11(2)10-18(3)14(9-17)12-6-7-15(19-4)13(16)8-12/h6-8,11,14H,5,9-10,17H2,1-4H3. The van der Waals surface area contributed by atoms with Gasteiger partial charge in [-0.1, -0.05) is 26.3 Å². The molecule has 2 N–H and O–H groups in total. The molecule has 4 heteroatoms. The lowest BCUT2D eigenvalue weighted by Gasteiger charge is -2.29. The molecular formula is C15H25BrN2O. The van der Waals surface area contributed by atoms with Gasteiger partial charge in [0.15, 0.2) is 0 Å². The molecule has 0 bridgehead atoms. The number of nitrogens with two attached hydrogens (primary N) is 1. The summed E-state index contributed by atoms with van der Waals surface area (Å²) in [5.41, 5.74) is 7.18. The van der Waals surface area contributed by atoms with Crippen LogP contribution in [0.2, 0.25) is 0 Å². The van der Waals surface area contributed by atoms with E-state index in [1.54, 1.807) is 7.11 Å². The third-order valence-electron chi connectivity index (χ3n) is 3.61. The van der Waals surface area contributed by atoms with Crippen molar-refractivity contribution in [2.45, 2.75) is 26.3 Å². The van der Waals surface area contributed by atoms with Gasteiger partial charge in [0.1, 0.15) is 5.75 Å². The molecule has 1 aromatic carbocycles. The van der Waals surface area contributed by atoms with E-state index in [9.17, 15) is 0 Å². The zero-order valence-electron chi connectivity index (χ0n) is 12.3. The van der Waals surface area contributed by atoms with Crippen LogP contribution in [0.3, 0.4) is 0 Å². The number of hydrogen-bond donors (Lipinski definition) is 1. The molecule has 0 aliphatic heterocycles. The second-order valence-corrected chi connectivity index (χ2v) is 5.95. The average Bonchev–Trinajstić information content (AvgIpc) is 2.39. The lowest BCUT2D eigenvalue weighted by molar-refractivity contribution is 0.215. The Hall–Kier alpha value is -0.580. The minimum Gasteiger partial charge on any atom is -0.496 e. The number of benzene rings is 1. The van der Waals surface area contributed by atoms with Crippen LogP contribution in [0.4, 0.5) is 0 Å². The number of methoxy groups -OCH3 is 1. The fraction of sp³-hybridized carbons (Fsp3) is 0.600. The summed E-state index contributed by atoms with van der Waals surface area (Å²) in [6.07, 6.45) is 1.19. The molecule has 1 rings (SSSR count). The maximum atomic E-state index is 5.96. The highest BCUT2D eigenvalue weighted by atomic mass is 79.9. The van der Waals surface area contributed by atoms with E-state index in [1.807, 2.05) is 6.07 Å². The monoisotopic (exact) mass is 328 g/mol. The summed E-state index contributed by atoms with van der Waals surface area (Å²) < 4.78 is 6.24. The van der Waals surface area contributed by atoms with Crippen LogP contribution in [0.25, 0.3) is 0 Å². The predicted octanol–water partition coefficient (Wildman–Crippen LogP) is 3.44. The van der Waals surface area contributed by atoms with E-state index < -0.39 is 0 Å². The topological polar surface area (TPSA) is 38.5 Å². The highest BCUT2D eigenvalue weighted by Crippen LogP contribution is 2.29. The Morgan fingerprint density at radius 1 is 1.42 bits per heavy atom. The molecule has 0 radical (unpaired) electrons. The summed E-state index contributed by atoms with van der Waals surface area (Å²) in [6, 6.07) is 6.42. The minimum absolute atomic E-state index is 0.246. The fourth-order valence-corrected chi connectivity index (χ4v) is 2.77. The molecule has 3 nitrogen and oxygen atoms in total. The molecule has 2 unspecified atom stereocenters. The molecular weight excluding hydrogens is 304 g/mol. The van der Waals surface area contributed by atoms with Crippen LogP contribution in [-0.4, -0.2) is 32.1 Å². The summed E-state index contributed by atoms with van der Waals surface area (Å²) in [6.45, 7) is 6.17. The van der Waals surface area contributed by atoms with Gasteiger partial charge in [0.25, 0.3) is 0 Å². The van der Waals surface area contributed by atoms with E-state index in [2.05, 4.69) is 53.9 Å². The first-order chi connectivity index (χ1) is 9.03. The van der Waals surface area contributed by atoms with E-state index in [-0.39, 0.29) is 6.04 Å². The smallest absolute Gasteiger partial charge is 0.133 e. The minimum atomic E-state index is 0.246. The Morgan fingerprint density at radius 3 is 2.58 bits per heavy atom. The van der Waals surface area contributed by atoms with Crippen molar-refractivity contribution < 1.29 is 4.74 Å². The second-order valence-electron chi connectivity index (χ2n) is 5.10. The number of ether oxygens (including phenoxy) is 1. The number of likely N-dealkylation sites (N-methyl/N-ethyl adjacent to an activating group) is 1. The van der Waals surface area contributed by atoms with Gasteiger partial charge in [-0.15, -0.1) is 0 Å². The molecule has 108 valence electrons. The van der Waals surface area contributed by atoms with Gasteiger partial charge in [0.05, 0.1) is 11.6 Å². The van der Waals surface area contributed by atoms with E-state index in [1.165, 1.54) is 12.0 Å². The maximum absolute atomic E-state index is 5.96. The van der Waals surface area contributed by atoms with Crippen LogP contribution in [0, 0.1) is 5.92 Å². The van der Waals surface area contributed by atoms with Gasteiger partial charge in [-0.25, -0.2) is 0 Å². The molecule has 0 saturated heterocycles. The van der Waals surface area contributed by atoms with Crippen LogP contribution in [-0.2, 0) is 0 Å². The van der Waals surface area contributed by atoms with Gasteiger partial charge in [-0.3, -0.25) is 4.90 Å². The van der Waals surface area contributed by atoms with Gasteiger partial charge in [-0.2, -0.15) is 0 Å². The quantitative estimate of drug-likeness (QED) is 0.833. The molecule has 0 aliphatic rings. The van der Waals surface area contributed by atoms with Crippen LogP contribution in [0.15, 0.2) is 22.7 Å². The second kappa shape index (κ2) is 7.88. The van der Waals surface area contributed by atoms with Crippen LogP contribution in [0.5, 0.6) is 5.75 Å². The highest BCUT2D eigenvalue weighted by molar-refractivity contribution is 9.10. The van der Waals surface area contributed by atoms with Crippen molar-refractivity contribution in [1.82, 2.24) is 4.90 Å². The number of halogens is 1. The molecule has 2 atom stereocenters. The Balaban J connectivity index is 2.87. The number of nitrogens with zero attached hydrogens (tertiary/aromatic N) is 1. The predicted molar refractivity (Wildman–Crippen MR) is 84.6 cm³/mol. The summed E-state index contributed by atoms with van der Waals surface area (Å²) in [4.78, 5) is 2.34. The highest BCUT2D eigenvalue weighted by Gasteiger charge is 2.18. The molecule has 0 aromatic heterocycles. The normalized spacial score (nSPS) is 14.5. The Morgan fingerprint density at radius 2 is 2.11 bits per heavy atom. The molecule has 1 aromatic rings. The first-order valence-electron chi connectivity index (χ1n) is 6.77. The van der Waals surface area contributed by atoms with E-state index in [4.69, 9.17) is 10.5 Å². The van der Waals surface area contributed by atoms with Crippen LogP contribution in [0.1, 0.15) is 31.9 Å². The lowest BCUT2D eigenvalue weighted by atomic mass is 10.0. The van der Waals surface area contributed by atoms with Crippen molar-refractivity contribution in [3.05, 3.63) is 28.2 Å². The van der Waals surface area contributed by atoms with Crippen molar-refractivity contribution in [1.29, 1.82) is 0 Å². The molecule has 0 amide bonds. The summed E-state index contributed by atoms with van der Waals surface area (Å²) in [5, 5.41) is 0. The van der Waals surface area contributed by atoms with Crippen molar-refractivity contribution in [3.8, 4) is 5.75 Å². The number of rotatable bonds is 7. The van der Waals surface area contributed by atoms with Crippen molar-refractivity contribution in [2.24, 2.45) is 11.7 Å². The SMILES string of the molecule is CCC(C)CN(C)C(CN)c1ccc(OC)c(Br)c1. The summed E-state index contributed by atoms with van der Waals surface area (Å²) in [5.74, 6) is 1.53. The molecule has 0 aliphatic carbocycles. The summed E-state index contributed by atoms with van der Waals surface area (Å²) in [7, 11) is 3.82. The Bertz CT molecular complexity index is 398. The summed E-state index contributed by atoms with van der Waals surface area (Å²) >= 11 is 3.53. The zero-order chi connectivity index (χ0) is 14.4. The Labute approximate surface area is 125 Å². The third-order valence-corrected chi connectivity index (χ3v) is 4.23. The Kier molecular flexibility index (Phi) is 6.83. The van der Waals surface area contributed by atoms with Gasteiger partial charge >= 0.3 is 0 Å². The first-order valence-corrected chi connectivity index (χ1v) is 7.56. The number of hydrogen-bond acceptors (Lipinski definition) is 3. The van der Waals surface area contributed by atoms with Crippen molar-refractivity contribution in [2.75, 3.05) is 27.2 Å². The average molecular weight is 329 g/mol. The molecule has 0 heterocycles. The molecule has 0 fully saturated rings. The zero-order valence-corrected chi connectivity index (χ0v) is 13.9. The van der Waals surface area contributed by atoms with E-state index >= 15 is 0 Å². The largest absolute Gasteiger partial charge is 0.496 e. The van der Waals surface area contributed by atoms with Crippen LogP contribution < -0.4 is 10.5 Å². The van der Waals surface area contributed by atoms with Crippen molar-refractivity contribution >= 4 is 15.9 Å². The van der Waals surface area contributed by atoms with Gasteiger partial charge in [0.2, 0.25) is 0 Å². The van der Waals surface area contributed by atoms with Gasteiger partial charge in [-0.05, 0) is 46.6 Å². The molecule has 0 saturated carbocycles. The van der Waals surface area contributed by atoms with Crippen LogP contribution >= 0.6 is 15.9 Å². The maximum Gasteiger partial charge on any atom is 0.133 e. The first kappa shape index (κ1) is 16.5. The van der Waals surface area contributed by atoms with Gasteiger partial charge < -0.3 is 10.5 Å². The van der Waals surface area contributed by atoms with Crippen molar-refractivity contribution in [3.63, 3.8) is 0 Å². The van der Waals surface area contributed by atoms with Gasteiger partial charge in [0, 0.05) is 19.1 Å². The van der Waals surface area contributed by atoms with E-state index in [0.29, 0.717) is 12.5 Å².